The van der Waals surface area contributed by atoms with Crippen LogP contribution in [0.25, 0.3) is 0 Å². The van der Waals surface area contributed by atoms with Crippen LogP contribution in [0.2, 0.25) is 0 Å². The fourth-order valence-electron chi connectivity index (χ4n) is 7.26. The summed E-state index contributed by atoms with van der Waals surface area (Å²) in [4.78, 5) is 0. The van der Waals surface area contributed by atoms with E-state index in [1.165, 1.54) is 250 Å². The van der Waals surface area contributed by atoms with Crippen LogP contribution >= 0.6 is 0 Å². The van der Waals surface area contributed by atoms with Gasteiger partial charge in [0.25, 0.3) is 0 Å². The lowest BCUT2D eigenvalue weighted by Crippen LogP contribution is -2.01. The molecular weight excluding hydrogens is 516 g/mol. The molecule has 0 aliphatic carbocycles. The molecule has 1 atom stereocenters. The van der Waals surface area contributed by atoms with E-state index in [2.05, 4.69) is 20.8 Å². The highest BCUT2D eigenvalue weighted by Crippen LogP contribution is 2.25. The zero-order chi connectivity index (χ0) is 31.2. The van der Waals surface area contributed by atoms with Crippen molar-refractivity contribution in [3.8, 4) is 0 Å². The summed E-state index contributed by atoms with van der Waals surface area (Å²) in [5.74, 6) is 1.04. The Morgan fingerprint density at radius 1 is 0.186 bits per heavy atom. The molecule has 260 valence electrons. The van der Waals surface area contributed by atoms with Crippen molar-refractivity contribution in [3.63, 3.8) is 0 Å². The summed E-state index contributed by atoms with van der Waals surface area (Å²) in [6.07, 6.45) is 57.8. The summed E-state index contributed by atoms with van der Waals surface area (Å²) in [5, 5.41) is 0. The van der Waals surface area contributed by atoms with E-state index < -0.39 is 0 Å². The maximum Gasteiger partial charge on any atom is -0.0414 e. The fraction of sp³-hybridized carbons (Fsp3) is 1.00. The highest BCUT2D eigenvalue weighted by atomic mass is 14.1. The second kappa shape index (κ2) is 40.0. The van der Waals surface area contributed by atoms with Crippen LogP contribution in [0.15, 0.2) is 0 Å². The van der Waals surface area contributed by atoms with Gasteiger partial charge in [-0.3, -0.25) is 0 Å². The predicted molar refractivity (Wildman–Crippen MR) is 201 cm³/mol. The minimum Gasteiger partial charge on any atom is -0.0654 e. The second-order valence-electron chi connectivity index (χ2n) is 14.9. The van der Waals surface area contributed by atoms with Crippen molar-refractivity contribution in [2.75, 3.05) is 0 Å². The lowest BCUT2D eigenvalue weighted by Gasteiger charge is -2.17. The first-order valence-electron chi connectivity index (χ1n) is 21.3. The molecule has 0 aromatic rings. The van der Waals surface area contributed by atoms with Gasteiger partial charge in [-0.1, -0.05) is 271 Å². The predicted octanol–water partition coefficient (Wildman–Crippen LogP) is 16.9. The smallest absolute Gasteiger partial charge is 0.0414 e. The van der Waals surface area contributed by atoms with Crippen LogP contribution in [0.4, 0.5) is 0 Å². The Morgan fingerprint density at radius 3 is 0.535 bits per heavy atom. The van der Waals surface area contributed by atoms with Gasteiger partial charge < -0.3 is 0 Å². The molecule has 0 radical (unpaired) electrons. The van der Waals surface area contributed by atoms with Gasteiger partial charge in [-0.2, -0.15) is 0 Å². The van der Waals surface area contributed by atoms with Crippen LogP contribution in [0, 0.1) is 5.92 Å². The van der Waals surface area contributed by atoms with Crippen LogP contribution in [-0.4, -0.2) is 0 Å². The highest BCUT2D eigenvalue weighted by molar-refractivity contribution is 4.62. The monoisotopic (exact) mass is 605 g/mol. The Bertz CT molecular complexity index is 453. The molecule has 0 aromatic heterocycles. The summed E-state index contributed by atoms with van der Waals surface area (Å²) in [5.41, 5.74) is 0. The summed E-state index contributed by atoms with van der Waals surface area (Å²) < 4.78 is 0. The van der Waals surface area contributed by atoms with Crippen molar-refractivity contribution in [3.05, 3.63) is 0 Å². The van der Waals surface area contributed by atoms with Gasteiger partial charge in [0.05, 0.1) is 0 Å². The Labute approximate surface area is 276 Å². The molecule has 0 nitrogen and oxygen atoms in total. The lowest BCUT2D eigenvalue weighted by molar-refractivity contribution is 0.367. The van der Waals surface area contributed by atoms with Crippen molar-refractivity contribution < 1.29 is 0 Å². The quantitative estimate of drug-likeness (QED) is 0.0612. The van der Waals surface area contributed by atoms with E-state index in [4.69, 9.17) is 0 Å². The minimum atomic E-state index is 1.04. The average molecular weight is 605 g/mol. The van der Waals surface area contributed by atoms with Gasteiger partial charge in [-0.05, 0) is 5.92 Å². The molecule has 43 heavy (non-hydrogen) atoms. The molecule has 0 aromatic carbocycles. The Morgan fingerprint density at radius 2 is 0.326 bits per heavy atom. The van der Waals surface area contributed by atoms with Crippen molar-refractivity contribution in [1.82, 2.24) is 0 Å². The maximum absolute atomic E-state index is 2.36. The van der Waals surface area contributed by atoms with Crippen LogP contribution in [0.3, 0.4) is 0 Å². The van der Waals surface area contributed by atoms with Crippen molar-refractivity contribution in [2.24, 2.45) is 5.92 Å². The van der Waals surface area contributed by atoms with E-state index in [1.807, 2.05) is 0 Å². The number of rotatable bonds is 39. The summed E-state index contributed by atoms with van der Waals surface area (Å²) in [6.45, 7) is 6.99. The van der Waals surface area contributed by atoms with E-state index in [1.54, 1.807) is 0 Å². The van der Waals surface area contributed by atoms with Crippen LogP contribution < -0.4 is 0 Å². The molecule has 0 bridgehead atoms. The Hall–Kier alpha value is 0. The highest BCUT2D eigenvalue weighted by Gasteiger charge is 2.08. The molecule has 0 spiro atoms. The molecule has 0 saturated carbocycles. The molecule has 0 heterocycles. The minimum absolute atomic E-state index is 1.04. The van der Waals surface area contributed by atoms with Crippen molar-refractivity contribution in [1.29, 1.82) is 0 Å². The number of hydrogen-bond acceptors (Lipinski definition) is 0. The molecule has 0 N–H and O–H groups in total. The topological polar surface area (TPSA) is 0 Å². The van der Waals surface area contributed by atoms with E-state index >= 15 is 0 Å². The molecular formula is C43H88. The van der Waals surface area contributed by atoms with E-state index in [9.17, 15) is 0 Å². The first-order chi connectivity index (χ1) is 21.3. The molecule has 0 saturated heterocycles. The zero-order valence-electron chi connectivity index (χ0n) is 31.2. The molecule has 0 rings (SSSR count). The van der Waals surface area contributed by atoms with Crippen molar-refractivity contribution in [2.45, 2.75) is 271 Å². The average Bonchev–Trinajstić information content (AvgIpc) is 3.02. The first kappa shape index (κ1) is 43.0. The first-order valence-corrected chi connectivity index (χ1v) is 21.3. The van der Waals surface area contributed by atoms with Gasteiger partial charge in [0.1, 0.15) is 0 Å². The third-order valence-corrected chi connectivity index (χ3v) is 10.4. The summed E-state index contributed by atoms with van der Waals surface area (Å²) in [7, 11) is 0. The summed E-state index contributed by atoms with van der Waals surface area (Å²) >= 11 is 0. The normalized spacial score (nSPS) is 12.3. The second-order valence-corrected chi connectivity index (χ2v) is 14.9. The standard InChI is InChI=1S/C43H88/c1-4-7-10-12-14-16-18-20-21-22-23-24-25-26-28-30-32-34-36-39-42-43(40-37-9-6-3)41-38-35-33-31-29-27-19-17-15-13-11-8-5-2/h43H,4-42H2,1-3H3. The molecule has 0 aliphatic heterocycles. The van der Waals surface area contributed by atoms with E-state index in [0.29, 0.717) is 0 Å². The maximum atomic E-state index is 2.36. The lowest BCUT2D eigenvalue weighted by atomic mass is 9.89. The van der Waals surface area contributed by atoms with Gasteiger partial charge >= 0.3 is 0 Å². The van der Waals surface area contributed by atoms with Crippen LogP contribution in [0.1, 0.15) is 271 Å². The largest absolute Gasteiger partial charge is 0.0654 e. The molecule has 0 fully saturated rings. The molecule has 1 unspecified atom stereocenters. The van der Waals surface area contributed by atoms with Gasteiger partial charge in [0.2, 0.25) is 0 Å². The van der Waals surface area contributed by atoms with Crippen molar-refractivity contribution >= 4 is 0 Å². The third kappa shape index (κ3) is 38.1. The van der Waals surface area contributed by atoms with Gasteiger partial charge in [0, 0.05) is 0 Å². The number of hydrogen-bond donors (Lipinski definition) is 0. The van der Waals surface area contributed by atoms with Crippen LogP contribution in [-0.2, 0) is 0 Å². The van der Waals surface area contributed by atoms with E-state index in [0.717, 1.165) is 5.92 Å². The van der Waals surface area contributed by atoms with Crippen LogP contribution in [0.5, 0.6) is 0 Å². The molecule has 0 heteroatoms. The van der Waals surface area contributed by atoms with E-state index in [-0.39, 0.29) is 0 Å². The third-order valence-electron chi connectivity index (χ3n) is 10.4. The SMILES string of the molecule is CCCCCCCCCCCCCCCCCCCCCCC(CCCCC)CCCCCCCCCCCCCCC. The fourth-order valence-corrected chi connectivity index (χ4v) is 7.26. The Kier molecular flexibility index (Phi) is 40.0. The zero-order valence-corrected chi connectivity index (χ0v) is 31.2. The van der Waals surface area contributed by atoms with Gasteiger partial charge in [-0.15, -0.1) is 0 Å². The van der Waals surface area contributed by atoms with Gasteiger partial charge in [0.15, 0.2) is 0 Å². The molecule has 0 aliphatic rings. The van der Waals surface area contributed by atoms with Gasteiger partial charge in [-0.25, -0.2) is 0 Å². The summed E-state index contributed by atoms with van der Waals surface area (Å²) in [6, 6.07) is 0. The Balaban J connectivity index is 3.49. The number of unbranched alkanes of at least 4 members (excludes halogenated alkanes) is 33. The molecule has 0 amide bonds.